The average molecular weight is 289 g/mol. The Labute approximate surface area is 125 Å². The smallest absolute Gasteiger partial charge is 0.121 e. The topological polar surface area (TPSA) is 21.3 Å². The molecular formula is C17H23NOS. The van der Waals surface area contributed by atoms with E-state index >= 15 is 0 Å². The van der Waals surface area contributed by atoms with E-state index in [-0.39, 0.29) is 0 Å². The first kappa shape index (κ1) is 14.9. The summed E-state index contributed by atoms with van der Waals surface area (Å²) in [7, 11) is 0. The molecular weight excluding hydrogens is 266 g/mol. The zero-order valence-electron chi connectivity index (χ0n) is 12.5. The Hall–Kier alpha value is -1.48. The van der Waals surface area contributed by atoms with Crippen LogP contribution >= 0.6 is 11.3 Å². The van der Waals surface area contributed by atoms with Crippen LogP contribution in [0.2, 0.25) is 0 Å². The molecule has 0 fully saturated rings. The van der Waals surface area contributed by atoms with E-state index in [4.69, 9.17) is 4.74 Å². The maximum atomic E-state index is 5.67. The minimum absolute atomic E-state index is 0.321. The molecule has 2 aromatic rings. The van der Waals surface area contributed by atoms with Crippen LogP contribution < -0.4 is 10.1 Å². The van der Waals surface area contributed by atoms with Crippen molar-refractivity contribution in [3.63, 3.8) is 0 Å². The first-order valence-electron chi connectivity index (χ1n) is 7.31. The normalized spacial score (nSPS) is 12.2. The summed E-state index contributed by atoms with van der Waals surface area (Å²) in [6, 6.07) is 13.0. The van der Waals surface area contributed by atoms with Crippen LogP contribution in [0.1, 0.15) is 43.0 Å². The third-order valence-corrected chi connectivity index (χ3v) is 4.56. The van der Waals surface area contributed by atoms with Gasteiger partial charge >= 0.3 is 0 Å². The lowest BCUT2D eigenvalue weighted by Gasteiger charge is -2.15. The fourth-order valence-electron chi connectivity index (χ4n) is 2.03. The Kier molecular flexibility index (Phi) is 5.48. The average Bonchev–Trinajstić information content (AvgIpc) is 2.94. The lowest BCUT2D eigenvalue weighted by Crippen LogP contribution is -2.05. The van der Waals surface area contributed by atoms with Crippen LogP contribution in [-0.4, -0.2) is 6.61 Å². The monoisotopic (exact) mass is 289 g/mol. The Morgan fingerprint density at radius 2 is 2.05 bits per heavy atom. The number of ether oxygens (including phenoxy) is 1. The van der Waals surface area contributed by atoms with Gasteiger partial charge in [0, 0.05) is 21.5 Å². The lowest BCUT2D eigenvalue weighted by atomic mass is 10.2. The van der Waals surface area contributed by atoms with E-state index in [9.17, 15) is 0 Å². The molecule has 0 amide bonds. The van der Waals surface area contributed by atoms with Crippen LogP contribution in [0.5, 0.6) is 5.75 Å². The van der Waals surface area contributed by atoms with E-state index in [0.29, 0.717) is 6.04 Å². The van der Waals surface area contributed by atoms with E-state index in [1.807, 2.05) is 23.5 Å². The van der Waals surface area contributed by atoms with Gasteiger partial charge in [0.05, 0.1) is 12.6 Å². The summed E-state index contributed by atoms with van der Waals surface area (Å²) < 4.78 is 5.67. The zero-order valence-corrected chi connectivity index (χ0v) is 13.3. The van der Waals surface area contributed by atoms with Gasteiger partial charge in [0.25, 0.3) is 0 Å². The van der Waals surface area contributed by atoms with Crippen molar-refractivity contribution in [2.24, 2.45) is 0 Å². The second kappa shape index (κ2) is 7.34. The van der Waals surface area contributed by atoms with Gasteiger partial charge in [0.15, 0.2) is 0 Å². The maximum absolute atomic E-state index is 5.67. The molecule has 0 saturated carbocycles. The summed E-state index contributed by atoms with van der Waals surface area (Å²) in [6.45, 7) is 7.28. The fraction of sp³-hybridized carbons (Fsp3) is 0.412. The predicted molar refractivity (Wildman–Crippen MR) is 88.0 cm³/mol. The molecule has 0 aliphatic rings. The van der Waals surface area contributed by atoms with Gasteiger partial charge in [-0.05, 0) is 44.0 Å². The van der Waals surface area contributed by atoms with Gasteiger partial charge in [-0.1, -0.05) is 19.9 Å². The predicted octanol–water partition coefficient (Wildman–Crippen LogP) is 5.27. The van der Waals surface area contributed by atoms with Crippen molar-refractivity contribution >= 4 is 17.0 Å². The molecule has 2 nitrogen and oxygen atoms in total. The highest BCUT2D eigenvalue weighted by Crippen LogP contribution is 2.27. The number of anilines is 1. The van der Waals surface area contributed by atoms with E-state index in [1.165, 1.54) is 9.75 Å². The fourth-order valence-corrected chi connectivity index (χ4v) is 2.99. The molecule has 0 bridgehead atoms. The second-order valence-electron chi connectivity index (χ2n) is 4.90. The first-order valence-corrected chi connectivity index (χ1v) is 8.12. The number of hydrogen-bond donors (Lipinski definition) is 1. The van der Waals surface area contributed by atoms with E-state index < -0.39 is 0 Å². The minimum atomic E-state index is 0.321. The van der Waals surface area contributed by atoms with Crippen LogP contribution in [0.4, 0.5) is 5.69 Å². The Morgan fingerprint density at radius 1 is 1.20 bits per heavy atom. The highest BCUT2D eigenvalue weighted by Gasteiger charge is 2.08. The van der Waals surface area contributed by atoms with Crippen LogP contribution in [-0.2, 0) is 6.42 Å². The standard InChI is InChI=1S/C17H23NOS/c1-4-11-19-15-8-6-7-14(12-15)18-13(3)17-10-9-16(5-2)20-17/h6-10,12-13,18H,4-5,11H2,1-3H3. The van der Waals surface area contributed by atoms with Crippen LogP contribution in [0.25, 0.3) is 0 Å². The van der Waals surface area contributed by atoms with Gasteiger partial charge in [-0.3, -0.25) is 0 Å². The third-order valence-electron chi connectivity index (χ3n) is 3.15. The highest BCUT2D eigenvalue weighted by molar-refractivity contribution is 7.12. The molecule has 1 atom stereocenters. The summed E-state index contributed by atoms with van der Waals surface area (Å²) in [5.41, 5.74) is 1.11. The molecule has 1 unspecified atom stereocenters. The maximum Gasteiger partial charge on any atom is 0.121 e. The second-order valence-corrected chi connectivity index (χ2v) is 6.10. The summed E-state index contributed by atoms with van der Waals surface area (Å²) in [5, 5.41) is 3.54. The lowest BCUT2D eigenvalue weighted by molar-refractivity contribution is 0.317. The van der Waals surface area contributed by atoms with Crippen molar-refractivity contribution in [1.82, 2.24) is 0 Å². The largest absolute Gasteiger partial charge is 0.494 e. The number of rotatable bonds is 7. The number of aryl methyl sites for hydroxylation is 1. The quantitative estimate of drug-likeness (QED) is 0.749. The van der Waals surface area contributed by atoms with Crippen LogP contribution in [0.15, 0.2) is 36.4 Å². The molecule has 0 radical (unpaired) electrons. The summed E-state index contributed by atoms with van der Waals surface area (Å²) in [4.78, 5) is 2.82. The van der Waals surface area contributed by atoms with E-state index in [0.717, 1.165) is 30.9 Å². The molecule has 20 heavy (non-hydrogen) atoms. The Morgan fingerprint density at radius 3 is 2.75 bits per heavy atom. The molecule has 0 aliphatic carbocycles. The minimum Gasteiger partial charge on any atom is -0.494 e. The Bertz CT molecular complexity index is 535. The molecule has 3 heteroatoms. The molecule has 1 N–H and O–H groups in total. The van der Waals surface area contributed by atoms with Crippen molar-refractivity contribution in [2.75, 3.05) is 11.9 Å². The summed E-state index contributed by atoms with van der Waals surface area (Å²) in [6.07, 6.45) is 2.14. The van der Waals surface area contributed by atoms with Crippen molar-refractivity contribution < 1.29 is 4.74 Å². The van der Waals surface area contributed by atoms with E-state index in [2.05, 4.69) is 50.4 Å². The van der Waals surface area contributed by atoms with Crippen LogP contribution in [0.3, 0.4) is 0 Å². The van der Waals surface area contributed by atoms with Gasteiger partial charge in [-0.2, -0.15) is 0 Å². The molecule has 1 aromatic heterocycles. The van der Waals surface area contributed by atoms with Gasteiger partial charge in [0.1, 0.15) is 5.75 Å². The number of thiophene rings is 1. The Balaban J connectivity index is 2.01. The van der Waals surface area contributed by atoms with Crippen molar-refractivity contribution in [2.45, 2.75) is 39.7 Å². The van der Waals surface area contributed by atoms with Crippen molar-refractivity contribution in [3.05, 3.63) is 46.2 Å². The number of hydrogen-bond acceptors (Lipinski definition) is 3. The van der Waals surface area contributed by atoms with Crippen LogP contribution in [0, 0.1) is 0 Å². The zero-order chi connectivity index (χ0) is 14.4. The molecule has 1 aromatic carbocycles. The molecule has 0 saturated heterocycles. The van der Waals surface area contributed by atoms with Gasteiger partial charge in [-0.15, -0.1) is 11.3 Å². The summed E-state index contributed by atoms with van der Waals surface area (Å²) in [5.74, 6) is 0.935. The molecule has 0 spiro atoms. The van der Waals surface area contributed by atoms with Crippen molar-refractivity contribution in [3.8, 4) is 5.75 Å². The molecule has 2 rings (SSSR count). The van der Waals surface area contributed by atoms with Crippen molar-refractivity contribution in [1.29, 1.82) is 0 Å². The number of nitrogens with one attached hydrogen (secondary N) is 1. The first-order chi connectivity index (χ1) is 9.72. The van der Waals surface area contributed by atoms with Gasteiger partial charge in [0.2, 0.25) is 0 Å². The van der Waals surface area contributed by atoms with Gasteiger partial charge in [-0.25, -0.2) is 0 Å². The van der Waals surface area contributed by atoms with Gasteiger partial charge < -0.3 is 10.1 Å². The SMILES string of the molecule is CCCOc1cccc(NC(C)c2ccc(CC)s2)c1. The third kappa shape index (κ3) is 4.01. The molecule has 0 aliphatic heterocycles. The van der Waals surface area contributed by atoms with E-state index in [1.54, 1.807) is 0 Å². The highest BCUT2D eigenvalue weighted by atomic mass is 32.1. The number of benzene rings is 1. The molecule has 1 heterocycles. The molecule has 108 valence electrons. The summed E-state index contributed by atoms with van der Waals surface area (Å²) >= 11 is 1.88.